The number of ether oxygens (including phenoxy) is 2. The predicted octanol–water partition coefficient (Wildman–Crippen LogP) is 1.02. The lowest BCUT2D eigenvalue weighted by Gasteiger charge is -2.45. The Morgan fingerprint density at radius 3 is 2.44 bits per heavy atom. The van der Waals surface area contributed by atoms with Gasteiger partial charge in [0.25, 0.3) is 5.91 Å². The number of hydrogen-bond donors (Lipinski definition) is 3. The number of anilines is 1. The number of nitrogens with one attached hydrogen (secondary N) is 2. The fourth-order valence-electron chi connectivity index (χ4n) is 5.58. The zero-order valence-electron chi connectivity index (χ0n) is 18.7. The molecule has 2 saturated heterocycles. The molecule has 0 bridgehead atoms. The number of H-pyrrole nitrogens is 1. The number of benzene rings is 1. The van der Waals surface area contributed by atoms with E-state index in [2.05, 4.69) is 19.9 Å². The number of nitrogens with two attached hydrogens (primary N) is 1. The third-order valence-electron chi connectivity index (χ3n) is 7.39. The topological polar surface area (TPSA) is 111 Å². The molecule has 0 saturated carbocycles. The second kappa shape index (κ2) is 8.12. The molecule has 0 unspecified atom stereocenters. The highest BCUT2D eigenvalue weighted by atomic mass is 16.5. The minimum absolute atomic E-state index is 0.160. The number of quaternary nitrogens is 1. The molecular weight excluding hydrogens is 408 g/mol. The van der Waals surface area contributed by atoms with Gasteiger partial charge in [0, 0.05) is 37.4 Å². The Balaban J connectivity index is 1.48. The molecule has 9 nitrogen and oxygen atoms in total. The van der Waals surface area contributed by atoms with Crippen LogP contribution >= 0.6 is 0 Å². The van der Waals surface area contributed by atoms with Gasteiger partial charge in [0.05, 0.1) is 32.8 Å². The van der Waals surface area contributed by atoms with E-state index in [4.69, 9.17) is 15.2 Å². The summed E-state index contributed by atoms with van der Waals surface area (Å²) in [6.45, 7) is 3.54. The van der Waals surface area contributed by atoms with Crippen molar-refractivity contribution in [2.24, 2.45) is 5.73 Å². The number of methoxy groups -OCH3 is 2. The van der Waals surface area contributed by atoms with Gasteiger partial charge in [0.15, 0.2) is 22.9 Å². The number of piperidine rings is 2. The normalized spacial score (nSPS) is 19.4. The number of hydrogen-bond acceptors (Lipinski definition) is 6. The number of aromatic nitrogens is 3. The summed E-state index contributed by atoms with van der Waals surface area (Å²) in [5.74, 6) is 2.02. The number of amides is 1. The molecule has 4 heterocycles. The van der Waals surface area contributed by atoms with Gasteiger partial charge in [0.1, 0.15) is 17.4 Å². The highest BCUT2D eigenvalue weighted by Crippen LogP contribution is 2.37. The minimum Gasteiger partial charge on any atom is -0.493 e. The predicted molar refractivity (Wildman–Crippen MR) is 122 cm³/mol. The summed E-state index contributed by atoms with van der Waals surface area (Å²) in [5, 5.41) is 0.961. The maximum Gasteiger partial charge on any atom is 0.278 e. The van der Waals surface area contributed by atoms with E-state index in [1.807, 2.05) is 12.1 Å². The quantitative estimate of drug-likeness (QED) is 0.548. The van der Waals surface area contributed by atoms with Crippen LogP contribution in [-0.4, -0.2) is 66.8 Å². The summed E-state index contributed by atoms with van der Waals surface area (Å²) < 4.78 is 10.9. The van der Waals surface area contributed by atoms with Crippen molar-refractivity contribution >= 4 is 33.7 Å². The number of fused-ring (bicyclic) bond motifs is 3. The maximum atomic E-state index is 12.6. The van der Waals surface area contributed by atoms with Crippen molar-refractivity contribution in [3.05, 3.63) is 18.5 Å². The lowest BCUT2D eigenvalue weighted by Crippen LogP contribution is -3.22. The van der Waals surface area contributed by atoms with E-state index in [1.54, 1.807) is 20.5 Å². The van der Waals surface area contributed by atoms with Crippen molar-refractivity contribution in [3.8, 4) is 11.5 Å². The number of carbonyl (C=O) groups excluding carboxylic acids is 1. The van der Waals surface area contributed by atoms with Crippen LogP contribution in [0.4, 0.5) is 5.82 Å². The summed E-state index contributed by atoms with van der Waals surface area (Å²) in [4.78, 5) is 28.8. The van der Waals surface area contributed by atoms with Crippen LogP contribution < -0.4 is 25.0 Å². The van der Waals surface area contributed by atoms with E-state index in [0.29, 0.717) is 11.5 Å². The third-order valence-corrected chi connectivity index (χ3v) is 7.39. The fourth-order valence-corrected chi connectivity index (χ4v) is 5.58. The number of aromatic amines is 1. The van der Waals surface area contributed by atoms with Crippen molar-refractivity contribution < 1.29 is 19.2 Å². The summed E-state index contributed by atoms with van der Waals surface area (Å²) in [6, 6.07) is 3.87. The van der Waals surface area contributed by atoms with E-state index in [0.717, 1.165) is 66.8 Å². The second-order valence-corrected chi connectivity index (χ2v) is 8.90. The largest absolute Gasteiger partial charge is 0.493 e. The molecule has 1 amide bonds. The molecule has 9 heteroatoms. The molecule has 0 atom stereocenters. The van der Waals surface area contributed by atoms with Gasteiger partial charge in [-0.25, -0.2) is 9.97 Å². The SMILES string of the molecule is COc1cc2[nH]c3c(N4CCC(C(N)=O)([NH+]5CCCCC5)CC4)ncnc3c2cc1OC. The van der Waals surface area contributed by atoms with E-state index < -0.39 is 5.54 Å². The van der Waals surface area contributed by atoms with Crippen molar-refractivity contribution in [3.63, 3.8) is 0 Å². The number of rotatable bonds is 5. The molecular formula is C23H31N6O3+. The van der Waals surface area contributed by atoms with Crippen LogP contribution in [-0.2, 0) is 4.79 Å². The highest BCUT2D eigenvalue weighted by Gasteiger charge is 2.49. The first-order valence-electron chi connectivity index (χ1n) is 11.4. The van der Waals surface area contributed by atoms with Gasteiger partial charge in [-0.15, -0.1) is 0 Å². The smallest absolute Gasteiger partial charge is 0.278 e. The number of primary amides is 1. The van der Waals surface area contributed by atoms with Gasteiger partial charge in [0.2, 0.25) is 0 Å². The van der Waals surface area contributed by atoms with Crippen molar-refractivity contribution in [1.29, 1.82) is 0 Å². The summed E-state index contributed by atoms with van der Waals surface area (Å²) >= 11 is 0. The van der Waals surface area contributed by atoms with E-state index in [1.165, 1.54) is 24.2 Å². The summed E-state index contributed by atoms with van der Waals surface area (Å²) in [6.07, 6.45) is 6.67. The van der Waals surface area contributed by atoms with Crippen LogP contribution in [0.1, 0.15) is 32.1 Å². The van der Waals surface area contributed by atoms with Gasteiger partial charge in [-0.05, 0) is 25.3 Å². The molecule has 2 aliphatic heterocycles. The molecule has 2 aliphatic rings. The van der Waals surface area contributed by atoms with E-state index in [-0.39, 0.29) is 5.91 Å². The van der Waals surface area contributed by atoms with Gasteiger partial charge < -0.3 is 30.0 Å². The van der Waals surface area contributed by atoms with Crippen LogP contribution in [0.15, 0.2) is 18.5 Å². The second-order valence-electron chi connectivity index (χ2n) is 8.90. The molecule has 3 aromatic rings. The zero-order chi connectivity index (χ0) is 22.3. The number of carbonyl (C=O) groups is 1. The van der Waals surface area contributed by atoms with E-state index in [9.17, 15) is 4.79 Å². The van der Waals surface area contributed by atoms with E-state index >= 15 is 0 Å². The number of likely N-dealkylation sites (tertiary alicyclic amines) is 1. The molecule has 2 fully saturated rings. The maximum absolute atomic E-state index is 12.6. The van der Waals surface area contributed by atoms with Gasteiger partial charge >= 0.3 is 0 Å². The first kappa shape index (κ1) is 20.8. The lowest BCUT2D eigenvalue weighted by atomic mass is 9.83. The average molecular weight is 440 g/mol. The van der Waals surface area contributed by atoms with Crippen LogP contribution in [0.2, 0.25) is 0 Å². The molecule has 5 rings (SSSR count). The highest BCUT2D eigenvalue weighted by molar-refractivity contribution is 6.09. The first-order chi connectivity index (χ1) is 15.6. The molecule has 0 radical (unpaired) electrons. The minimum atomic E-state index is -0.468. The summed E-state index contributed by atoms with van der Waals surface area (Å²) in [7, 11) is 3.25. The van der Waals surface area contributed by atoms with Crippen molar-refractivity contribution in [2.45, 2.75) is 37.6 Å². The van der Waals surface area contributed by atoms with Crippen LogP contribution in [0.5, 0.6) is 11.5 Å². The molecule has 32 heavy (non-hydrogen) atoms. The first-order valence-corrected chi connectivity index (χ1v) is 11.4. The molecule has 0 aliphatic carbocycles. The zero-order valence-corrected chi connectivity index (χ0v) is 18.7. The molecule has 0 spiro atoms. The van der Waals surface area contributed by atoms with Crippen molar-refractivity contribution in [2.75, 3.05) is 45.3 Å². The molecule has 170 valence electrons. The third kappa shape index (κ3) is 3.23. The van der Waals surface area contributed by atoms with Gasteiger partial charge in [-0.2, -0.15) is 0 Å². The number of nitrogens with zero attached hydrogens (tertiary/aromatic N) is 3. The molecule has 4 N–H and O–H groups in total. The Bertz CT molecular complexity index is 1150. The van der Waals surface area contributed by atoms with Gasteiger partial charge in [-0.1, -0.05) is 0 Å². The lowest BCUT2D eigenvalue weighted by molar-refractivity contribution is -0.947. The van der Waals surface area contributed by atoms with Crippen LogP contribution in [0.25, 0.3) is 21.9 Å². The van der Waals surface area contributed by atoms with Crippen LogP contribution in [0.3, 0.4) is 0 Å². The molecule has 2 aromatic heterocycles. The molecule has 1 aromatic carbocycles. The Hall–Kier alpha value is -3.07. The van der Waals surface area contributed by atoms with Gasteiger partial charge in [-0.3, -0.25) is 4.79 Å². The monoisotopic (exact) mass is 439 g/mol. The Morgan fingerprint density at radius 1 is 1.09 bits per heavy atom. The Labute approximate surface area is 186 Å². The van der Waals surface area contributed by atoms with Crippen molar-refractivity contribution in [1.82, 2.24) is 15.0 Å². The Kier molecular flexibility index (Phi) is 5.28. The Morgan fingerprint density at radius 2 is 1.78 bits per heavy atom. The van der Waals surface area contributed by atoms with Crippen LogP contribution in [0, 0.1) is 0 Å². The standard InChI is InChI=1S/C23H30N6O3/c1-31-17-12-15-16(13-18(17)32-2)27-20-19(15)25-14-26-21(20)28-10-6-23(7-11-28,22(24)30)29-8-4-3-5-9-29/h12-14,27H,3-11H2,1-2H3,(H2,24,30)/p+1. The average Bonchev–Trinajstić information content (AvgIpc) is 3.21. The summed E-state index contributed by atoms with van der Waals surface area (Å²) in [5.41, 5.74) is 8.16. The fraction of sp³-hybridized carbons (Fsp3) is 0.522.